The van der Waals surface area contributed by atoms with Gasteiger partial charge in [-0.3, -0.25) is 4.79 Å². The lowest BCUT2D eigenvalue weighted by atomic mass is 9.82. The van der Waals surface area contributed by atoms with Crippen LogP contribution in [0, 0.1) is 11.7 Å². The number of hydrogen-bond donors (Lipinski definition) is 2. The van der Waals surface area contributed by atoms with Crippen LogP contribution >= 0.6 is 0 Å². The number of rotatable bonds is 9. The molecule has 0 bridgehead atoms. The number of alkyl halides is 4. The van der Waals surface area contributed by atoms with Crippen LogP contribution in [0.2, 0.25) is 0 Å². The summed E-state index contributed by atoms with van der Waals surface area (Å²) in [6.07, 6.45) is -5.28. The molecular formula is C27H28F5N3O4. The van der Waals surface area contributed by atoms with Crippen LogP contribution in [0.4, 0.5) is 26.7 Å². The summed E-state index contributed by atoms with van der Waals surface area (Å²) in [5, 5.41) is 2.68. The molecule has 3 aromatic rings. The van der Waals surface area contributed by atoms with Gasteiger partial charge in [-0.05, 0) is 30.4 Å². The Morgan fingerprint density at radius 3 is 2.46 bits per heavy atom. The highest BCUT2D eigenvalue weighted by Crippen LogP contribution is 2.41. The lowest BCUT2D eigenvalue weighted by molar-refractivity contribution is -0.143. The largest absolute Gasteiger partial charge is 0.469 e. The first-order chi connectivity index (χ1) is 18.6. The van der Waals surface area contributed by atoms with Crippen molar-refractivity contribution in [3.8, 4) is 0 Å². The first kappa shape index (κ1) is 28.3. The minimum absolute atomic E-state index is 0.0285. The SMILES string of the molecule is COC(=O)C(CC(F)F)c1ccc2[nH]c(C(NC(=O)OCc3ccccc3)C3CCC(F)(F)CC3)nc2c1F. The maximum absolute atomic E-state index is 15.5. The van der Waals surface area contributed by atoms with E-state index in [2.05, 4.69) is 20.0 Å². The molecule has 0 spiro atoms. The summed E-state index contributed by atoms with van der Waals surface area (Å²) in [5.41, 5.74) is 0.370. The second kappa shape index (κ2) is 12.0. The molecule has 1 heterocycles. The Labute approximate surface area is 221 Å². The van der Waals surface area contributed by atoms with Crippen LogP contribution in [0.3, 0.4) is 0 Å². The van der Waals surface area contributed by atoms with Gasteiger partial charge in [0.05, 0.1) is 24.6 Å². The number of H-pyrrole nitrogens is 1. The molecule has 1 aromatic heterocycles. The third-order valence-electron chi connectivity index (χ3n) is 6.93. The monoisotopic (exact) mass is 553 g/mol. The third-order valence-corrected chi connectivity index (χ3v) is 6.93. The van der Waals surface area contributed by atoms with E-state index in [-0.39, 0.29) is 54.7 Å². The van der Waals surface area contributed by atoms with Crippen molar-refractivity contribution in [2.45, 2.75) is 63.0 Å². The minimum Gasteiger partial charge on any atom is -0.469 e. The van der Waals surface area contributed by atoms with Crippen molar-refractivity contribution in [3.05, 3.63) is 65.2 Å². The van der Waals surface area contributed by atoms with Crippen molar-refractivity contribution in [2.24, 2.45) is 5.92 Å². The summed E-state index contributed by atoms with van der Waals surface area (Å²) < 4.78 is 79.4. The fourth-order valence-electron chi connectivity index (χ4n) is 4.86. The van der Waals surface area contributed by atoms with Gasteiger partial charge in [0.1, 0.15) is 17.9 Å². The summed E-state index contributed by atoms with van der Waals surface area (Å²) in [6.45, 7) is -0.0285. The zero-order valence-corrected chi connectivity index (χ0v) is 21.1. The van der Waals surface area contributed by atoms with Gasteiger partial charge in [-0.2, -0.15) is 0 Å². The van der Waals surface area contributed by atoms with Crippen LogP contribution in [-0.2, 0) is 20.9 Å². The Hall–Kier alpha value is -3.70. The summed E-state index contributed by atoms with van der Waals surface area (Å²) in [4.78, 5) is 32.0. The summed E-state index contributed by atoms with van der Waals surface area (Å²) >= 11 is 0. The molecule has 0 radical (unpaired) electrons. The zero-order chi connectivity index (χ0) is 28.2. The molecule has 2 atom stereocenters. The smallest absolute Gasteiger partial charge is 0.408 e. The average molecular weight is 554 g/mol. The molecule has 1 fully saturated rings. The van der Waals surface area contributed by atoms with Crippen molar-refractivity contribution >= 4 is 23.1 Å². The Kier molecular flexibility index (Phi) is 8.71. The number of carbonyl (C=O) groups is 2. The molecule has 0 aliphatic heterocycles. The van der Waals surface area contributed by atoms with E-state index < -0.39 is 54.5 Å². The van der Waals surface area contributed by atoms with Gasteiger partial charge >= 0.3 is 12.1 Å². The maximum atomic E-state index is 15.5. The van der Waals surface area contributed by atoms with Gasteiger partial charge in [0.25, 0.3) is 0 Å². The Balaban J connectivity index is 1.63. The fraction of sp³-hybridized carbons (Fsp3) is 0.444. The molecule has 1 saturated carbocycles. The van der Waals surface area contributed by atoms with E-state index in [0.29, 0.717) is 0 Å². The number of fused-ring (bicyclic) bond motifs is 1. The lowest BCUT2D eigenvalue weighted by Gasteiger charge is -2.33. The molecule has 2 unspecified atom stereocenters. The molecule has 2 aromatic carbocycles. The number of halogens is 5. The number of nitrogens with zero attached hydrogens (tertiary/aromatic N) is 1. The predicted molar refractivity (Wildman–Crippen MR) is 131 cm³/mol. The van der Waals surface area contributed by atoms with Crippen molar-refractivity contribution < 1.29 is 41.0 Å². The standard InChI is InChI=1S/C27H28F5N3O4/c1-38-25(36)18(13-20(28)29)17-7-8-19-23(21(17)30)34-24(33-19)22(16-9-11-27(31,32)12-10-16)35-26(37)39-14-15-5-3-2-4-6-15/h2-8,16,18,20,22H,9-14H2,1H3,(H,33,34)(H,35,37). The molecule has 1 aliphatic rings. The number of alkyl carbamates (subject to hydrolysis) is 1. The van der Waals surface area contributed by atoms with E-state index in [1.807, 2.05) is 6.07 Å². The number of ether oxygens (including phenoxy) is 2. The number of aromatic amines is 1. The van der Waals surface area contributed by atoms with E-state index >= 15 is 4.39 Å². The van der Waals surface area contributed by atoms with E-state index in [4.69, 9.17) is 4.74 Å². The molecule has 0 saturated heterocycles. The number of esters is 1. The van der Waals surface area contributed by atoms with Gasteiger partial charge in [-0.1, -0.05) is 36.4 Å². The molecular weight excluding hydrogens is 525 g/mol. The molecule has 39 heavy (non-hydrogen) atoms. The highest BCUT2D eigenvalue weighted by molar-refractivity contribution is 5.83. The molecule has 4 rings (SSSR count). The van der Waals surface area contributed by atoms with Crippen LogP contribution in [0.25, 0.3) is 11.0 Å². The molecule has 12 heteroatoms. The highest BCUT2D eigenvalue weighted by Gasteiger charge is 2.40. The van der Waals surface area contributed by atoms with Gasteiger partial charge in [-0.25, -0.2) is 31.7 Å². The number of carbonyl (C=O) groups excluding carboxylic acids is 2. The number of amides is 1. The molecule has 1 amide bonds. The summed E-state index contributed by atoms with van der Waals surface area (Å²) in [7, 11) is 1.02. The van der Waals surface area contributed by atoms with Crippen molar-refractivity contribution in [1.29, 1.82) is 0 Å². The van der Waals surface area contributed by atoms with Crippen LogP contribution in [-0.4, -0.2) is 41.5 Å². The Morgan fingerprint density at radius 1 is 1.13 bits per heavy atom. The minimum atomic E-state index is -2.89. The molecule has 7 nitrogen and oxygen atoms in total. The van der Waals surface area contributed by atoms with Crippen molar-refractivity contribution in [1.82, 2.24) is 15.3 Å². The number of hydrogen-bond acceptors (Lipinski definition) is 5. The predicted octanol–water partition coefficient (Wildman–Crippen LogP) is 6.41. The van der Waals surface area contributed by atoms with Crippen molar-refractivity contribution in [3.63, 3.8) is 0 Å². The van der Waals surface area contributed by atoms with Crippen LogP contribution in [0.5, 0.6) is 0 Å². The van der Waals surface area contributed by atoms with Gasteiger partial charge in [0.2, 0.25) is 12.3 Å². The van der Waals surface area contributed by atoms with E-state index in [0.717, 1.165) is 12.7 Å². The number of methoxy groups -OCH3 is 1. The Morgan fingerprint density at radius 2 is 1.82 bits per heavy atom. The quantitative estimate of drug-likeness (QED) is 0.236. The first-order valence-electron chi connectivity index (χ1n) is 12.5. The number of aromatic nitrogens is 2. The maximum Gasteiger partial charge on any atom is 0.408 e. The molecule has 210 valence electrons. The zero-order valence-electron chi connectivity index (χ0n) is 21.1. The van der Waals surface area contributed by atoms with E-state index in [1.165, 1.54) is 12.1 Å². The molecule has 1 aliphatic carbocycles. The second-order valence-electron chi connectivity index (χ2n) is 9.57. The van der Waals surface area contributed by atoms with Gasteiger partial charge in [0, 0.05) is 24.8 Å². The Bertz CT molecular complexity index is 1290. The normalized spacial score (nSPS) is 17.1. The topological polar surface area (TPSA) is 93.3 Å². The average Bonchev–Trinajstić information content (AvgIpc) is 3.35. The number of nitrogens with one attached hydrogen (secondary N) is 2. The van der Waals surface area contributed by atoms with Crippen molar-refractivity contribution in [2.75, 3.05) is 7.11 Å². The van der Waals surface area contributed by atoms with Gasteiger partial charge < -0.3 is 19.8 Å². The van der Waals surface area contributed by atoms with Gasteiger partial charge in [0.15, 0.2) is 5.82 Å². The van der Waals surface area contributed by atoms with Crippen LogP contribution < -0.4 is 5.32 Å². The first-order valence-corrected chi connectivity index (χ1v) is 12.5. The number of imidazole rings is 1. The summed E-state index contributed by atoms with van der Waals surface area (Å²) in [6, 6.07) is 10.6. The third kappa shape index (κ3) is 6.85. The van der Waals surface area contributed by atoms with Crippen LogP contribution in [0.15, 0.2) is 42.5 Å². The number of benzene rings is 2. The molecule has 2 N–H and O–H groups in total. The highest BCUT2D eigenvalue weighted by atomic mass is 19.3. The van der Waals surface area contributed by atoms with E-state index in [9.17, 15) is 27.2 Å². The van der Waals surface area contributed by atoms with E-state index in [1.54, 1.807) is 24.3 Å². The summed E-state index contributed by atoms with van der Waals surface area (Å²) in [5.74, 6) is -6.76. The lowest BCUT2D eigenvalue weighted by Crippen LogP contribution is -2.38. The fourth-order valence-corrected chi connectivity index (χ4v) is 4.86. The van der Waals surface area contributed by atoms with Gasteiger partial charge in [-0.15, -0.1) is 0 Å². The second-order valence-corrected chi connectivity index (χ2v) is 9.57. The van der Waals surface area contributed by atoms with Crippen LogP contribution in [0.1, 0.15) is 61.0 Å².